The van der Waals surface area contributed by atoms with Gasteiger partial charge in [0.05, 0.1) is 40.5 Å². The third kappa shape index (κ3) is 5.08. The van der Waals surface area contributed by atoms with Crippen LogP contribution in [0.1, 0.15) is 36.9 Å². The predicted molar refractivity (Wildman–Crippen MR) is 175 cm³/mol. The molecule has 50 heavy (non-hydrogen) atoms. The minimum absolute atomic E-state index is 0.0835. The fraction of sp³-hybridized carbons (Fsp3) is 0.361. The lowest BCUT2D eigenvalue weighted by molar-refractivity contribution is -0.141. The molecule has 6 atom stereocenters. The summed E-state index contributed by atoms with van der Waals surface area (Å²) >= 11 is 6.25. The van der Waals surface area contributed by atoms with Crippen LogP contribution in [0.25, 0.3) is 0 Å². The number of hydrogen-bond donors (Lipinski definition) is 1. The molecule has 1 N–H and O–H groups in total. The summed E-state index contributed by atoms with van der Waals surface area (Å²) in [5.41, 5.74) is -0.632. The molecule has 2 saturated heterocycles. The third-order valence-electron chi connectivity index (χ3n) is 10.6. The van der Waals surface area contributed by atoms with E-state index in [4.69, 9.17) is 16.3 Å². The summed E-state index contributed by atoms with van der Waals surface area (Å²) in [7, 11) is 1.26. The SMILES string of the molecule is CN(c1nc(C(F)(F)F)ccc1Cl)N1C(=O)C2CC=C3C(CC4C(=O)N(c5ccccc5)C(=O)C4(C)C3c3ccc(OCCO)cc3)C2C1=O. The number of nitrogens with zero attached hydrogens (tertiary/aromatic N) is 4. The third-order valence-corrected chi connectivity index (χ3v) is 10.9. The monoisotopic (exact) mass is 708 g/mol. The number of para-hydroxylation sites is 1. The lowest BCUT2D eigenvalue weighted by atomic mass is 9.51. The van der Waals surface area contributed by atoms with Gasteiger partial charge in [-0.1, -0.05) is 53.6 Å². The first kappa shape index (κ1) is 33.7. The van der Waals surface area contributed by atoms with Crippen LogP contribution in [0, 0.1) is 29.1 Å². The van der Waals surface area contributed by atoms with E-state index in [9.17, 15) is 37.5 Å². The van der Waals surface area contributed by atoms with Crippen molar-refractivity contribution < 1.29 is 42.2 Å². The predicted octanol–water partition coefficient (Wildman–Crippen LogP) is 5.41. The number of hydrogen-bond acceptors (Lipinski definition) is 8. The van der Waals surface area contributed by atoms with Gasteiger partial charge in [-0.2, -0.15) is 18.2 Å². The number of carbonyl (C=O) groups is 4. The number of aliphatic hydroxyl groups is 1. The molecule has 10 nitrogen and oxygen atoms in total. The Labute approximate surface area is 290 Å². The summed E-state index contributed by atoms with van der Waals surface area (Å²) in [5, 5.41) is 10.8. The van der Waals surface area contributed by atoms with Crippen LogP contribution in [-0.2, 0) is 25.4 Å². The van der Waals surface area contributed by atoms with Gasteiger partial charge in [0, 0.05) is 13.0 Å². The lowest BCUT2D eigenvalue weighted by Crippen LogP contribution is -2.49. The zero-order chi connectivity index (χ0) is 35.7. The van der Waals surface area contributed by atoms with Gasteiger partial charge in [-0.25, -0.2) is 9.88 Å². The highest BCUT2D eigenvalue weighted by Crippen LogP contribution is 2.63. The normalized spacial score (nSPS) is 27.6. The Bertz CT molecular complexity index is 1920. The summed E-state index contributed by atoms with van der Waals surface area (Å²) in [6.07, 6.45) is -2.68. The van der Waals surface area contributed by atoms with Crippen molar-refractivity contribution in [2.75, 3.05) is 30.2 Å². The highest BCUT2D eigenvalue weighted by atomic mass is 35.5. The number of amides is 4. The molecule has 2 aliphatic carbocycles. The Morgan fingerprint density at radius 2 is 1.68 bits per heavy atom. The fourth-order valence-electron chi connectivity index (χ4n) is 8.33. The lowest BCUT2D eigenvalue weighted by Gasteiger charge is -2.49. The number of aliphatic hydroxyl groups excluding tert-OH is 1. The largest absolute Gasteiger partial charge is 0.491 e. The van der Waals surface area contributed by atoms with Crippen LogP contribution >= 0.6 is 11.6 Å². The van der Waals surface area contributed by atoms with Crippen molar-refractivity contribution in [1.29, 1.82) is 0 Å². The van der Waals surface area contributed by atoms with E-state index in [1.54, 1.807) is 61.5 Å². The maximum absolute atomic E-state index is 14.5. The first-order chi connectivity index (χ1) is 23.8. The highest BCUT2D eigenvalue weighted by Gasteiger charge is 2.68. The number of allylic oxidation sites excluding steroid dienone is 2. The maximum Gasteiger partial charge on any atom is 0.433 e. The van der Waals surface area contributed by atoms with Crippen molar-refractivity contribution in [3.63, 3.8) is 0 Å². The van der Waals surface area contributed by atoms with E-state index in [2.05, 4.69) is 4.98 Å². The standard InChI is InChI=1S/C36H32ClF3N4O6/c1-35-25(32(47)43(34(35)49)20-6-4-3-5-7-20)18-24-22(29(35)19-8-10-21(11-9-19)50-17-16-45)12-13-23-28(24)33(48)44(31(23)46)42(2)30-26(37)14-15-27(41-30)36(38,39)40/h3-12,14-15,23-25,28-29,45H,13,16-18H2,1-2H3. The molecule has 3 fully saturated rings. The number of pyridine rings is 1. The molecule has 3 aromatic rings. The van der Waals surface area contributed by atoms with Crippen molar-refractivity contribution in [3.8, 4) is 5.75 Å². The average molecular weight is 709 g/mol. The maximum atomic E-state index is 14.5. The van der Waals surface area contributed by atoms with E-state index in [1.807, 2.05) is 6.08 Å². The summed E-state index contributed by atoms with van der Waals surface area (Å²) in [6, 6.07) is 17.3. The average Bonchev–Trinajstić information content (AvgIpc) is 3.46. The molecule has 0 bridgehead atoms. The topological polar surface area (TPSA) is 120 Å². The molecular formula is C36H32ClF3N4O6. The molecule has 260 valence electrons. The van der Waals surface area contributed by atoms with Gasteiger partial charge in [0.2, 0.25) is 11.8 Å². The molecule has 3 heterocycles. The van der Waals surface area contributed by atoms with Gasteiger partial charge in [0.15, 0.2) is 5.82 Å². The zero-order valence-electron chi connectivity index (χ0n) is 26.9. The number of carbonyl (C=O) groups excluding carboxylic acids is 4. The number of ether oxygens (including phenoxy) is 1. The molecule has 2 aliphatic heterocycles. The number of anilines is 2. The molecule has 6 unspecified atom stereocenters. The molecule has 1 saturated carbocycles. The number of rotatable bonds is 7. The summed E-state index contributed by atoms with van der Waals surface area (Å²) in [6.45, 7) is 1.68. The minimum Gasteiger partial charge on any atom is -0.491 e. The molecule has 4 amide bonds. The van der Waals surface area contributed by atoms with E-state index >= 15 is 0 Å². The van der Waals surface area contributed by atoms with Gasteiger partial charge in [0.25, 0.3) is 11.8 Å². The van der Waals surface area contributed by atoms with Gasteiger partial charge in [0.1, 0.15) is 18.1 Å². The molecule has 0 radical (unpaired) electrons. The smallest absolute Gasteiger partial charge is 0.433 e. The van der Waals surface area contributed by atoms with E-state index in [-0.39, 0.29) is 37.0 Å². The van der Waals surface area contributed by atoms with Crippen LogP contribution in [0.4, 0.5) is 24.7 Å². The second-order valence-corrected chi connectivity index (χ2v) is 13.6. The molecular weight excluding hydrogens is 677 g/mol. The van der Waals surface area contributed by atoms with Gasteiger partial charge in [-0.05, 0) is 67.6 Å². The van der Waals surface area contributed by atoms with Crippen molar-refractivity contribution in [2.45, 2.75) is 31.9 Å². The van der Waals surface area contributed by atoms with Crippen LogP contribution in [0.15, 0.2) is 78.4 Å². The molecule has 0 spiro atoms. The van der Waals surface area contributed by atoms with Gasteiger partial charge in [-0.3, -0.25) is 24.2 Å². The fourth-order valence-corrected chi connectivity index (χ4v) is 8.56. The van der Waals surface area contributed by atoms with Gasteiger partial charge >= 0.3 is 6.18 Å². The Hall–Kier alpha value is -4.75. The first-order valence-electron chi connectivity index (χ1n) is 16.1. The second kappa shape index (κ2) is 12.2. The van der Waals surface area contributed by atoms with Gasteiger partial charge in [-0.15, -0.1) is 0 Å². The van der Waals surface area contributed by atoms with Crippen LogP contribution < -0.4 is 14.6 Å². The number of hydrazine groups is 1. The Morgan fingerprint density at radius 3 is 2.34 bits per heavy atom. The van der Waals surface area contributed by atoms with Crippen molar-refractivity contribution in [3.05, 3.63) is 94.7 Å². The van der Waals surface area contributed by atoms with E-state index in [0.717, 1.165) is 21.7 Å². The Morgan fingerprint density at radius 1 is 0.980 bits per heavy atom. The quantitative estimate of drug-likeness (QED) is 0.256. The summed E-state index contributed by atoms with van der Waals surface area (Å²) in [4.78, 5) is 61.9. The van der Waals surface area contributed by atoms with Crippen molar-refractivity contribution >= 4 is 46.7 Å². The van der Waals surface area contributed by atoms with E-state index in [1.165, 1.54) is 11.9 Å². The number of benzene rings is 2. The minimum atomic E-state index is -4.79. The number of imide groups is 2. The summed E-state index contributed by atoms with van der Waals surface area (Å²) in [5.74, 6) is -5.98. The molecule has 14 heteroatoms. The van der Waals surface area contributed by atoms with Gasteiger partial charge < -0.3 is 9.84 Å². The Kier molecular flexibility index (Phi) is 8.25. The number of fused-ring (bicyclic) bond motifs is 4. The van der Waals surface area contributed by atoms with E-state index < -0.39 is 70.4 Å². The highest BCUT2D eigenvalue weighted by molar-refractivity contribution is 6.33. The first-order valence-corrected chi connectivity index (χ1v) is 16.5. The summed E-state index contributed by atoms with van der Waals surface area (Å²) < 4.78 is 46.2. The molecule has 1 aromatic heterocycles. The number of aromatic nitrogens is 1. The molecule has 2 aromatic carbocycles. The van der Waals surface area contributed by atoms with Crippen LogP contribution in [0.2, 0.25) is 5.02 Å². The van der Waals surface area contributed by atoms with Crippen LogP contribution in [0.3, 0.4) is 0 Å². The molecule has 7 rings (SSSR count). The van der Waals surface area contributed by atoms with E-state index in [0.29, 0.717) is 23.1 Å². The van der Waals surface area contributed by atoms with Crippen LogP contribution in [0.5, 0.6) is 5.75 Å². The second-order valence-electron chi connectivity index (χ2n) is 13.1. The molecule has 4 aliphatic rings. The van der Waals surface area contributed by atoms with Crippen molar-refractivity contribution in [1.82, 2.24) is 9.99 Å². The van der Waals surface area contributed by atoms with Crippen molar-refractivity contribution in [2.24, 2.45) is 29.1 Å². The zero-order valence-corrected chi connectivity index (χ0v) is 27.7. The number of halogens is 4. The Balaban J connectivity index is 1.30. The van der Waals surface area contributed by atoms with Crippen LogP contribution in [-0.4, -0.2) is 59.0 Å². The number of alkyl halides is 3.